The first kappa shape index (κ1) is 13.9. The van der Waals surface area contributed by atoms with Crippen molar-refractivity contribution in [2.45, 2.75) is 13.0 Å². The van der Waals surface area contributed by atoms with Crippen LogP contribution in [-0.4, -0.2) is 48.7 Å². The number of hydrogen-bond donors (Lipinski definition) is 2. The van der Waals surface area contributed by atoms with E-state index in [1.807, 2.05) is 6.92 Å². The van der Waals surface area contributed by atoms with E-state index in [2.05, 4.69) is 15.6 Å². The van der Waals surface area contributed by atoms with E-state index in [1.165, 1.54) is 7.11 Å². The van der Waals surface area contributed by atoms with E-state index in [4.69, 9.17) is 16.3 Å². The Kier molecular flexibility index (Phi) is 4.44. The first-order valence-electron chi connectivity index (χ1n) is 6.10. The topological polar surface area (TPSA) is 66.5 Å². The normalized spacial score (nSPS) is 19.1. The SMILES string of the molecule is COc1ccc(NC(=O)N2CCNC(C)C2)c(Cl)n1. The number of piperazine rings is 1. The predicted octanol–water partition coefficient (Wildman–Crippen LogP) is 1.57. The van der Waals surface area contributed by atoms with Gasteiger partial charge in [0, 0.05) is 31.7 Å². The number of aromatic nitrogens is 1. The van der Waals surface area contributed by atoms with Crippen LogP contribution in [0.4, 0.5) is 10.5 Å². The van der Waals surface area contributed by atoms with E-state index in [0.29, 0.717) is 30.7 Å². The highest BCUT2D eigenvalue weighted by Crippen LogP contribution is 2.22. The Bertz CT molecular complexity index is 469. The lowest BCUT2D eigenvalue weighted by Gasteiger charge is -2.31. The number of hydrogen-bond acceptors (Lipinski definition) is 4. The maximum atomic E-state index is 12.1. The maximum absolute atomic E-state index is 12.1. The zero-order valence-corrected chi connectivity index (χ0v) is 11.7. The number of nitrogens with one attached hydrogen (secondary N) is 2. The van der Waals surface area contributed by atoms with Crippen LogP contribution in [0, 0.1) is 0 Å². The van der Waals surface area contributed by atoms with Gasteiger partial charge in [0.2, 0.25) is 5.88 Å². The second kappa shape index (κ2) is 6.08. The van der Waals surface area contributed by atoms with Gasteiger partial charge in [0.25, 0.3) is 0 Å². The Morgan fingerprint density at radius 1 is 1.63 bits per heavy atom. The number of pyridine rings is 1. The van der Waals surface area contributed by atoms with E-state index in [1.54, 1.807) is 17.0 Å². The standard InChI is InChI=1S/C12H17ClN4O2/c1-8-7-17(6-5-14-8)12(18)15-9-3-4-10(19-2)16-11(9)13/h3-4,8,14H,5-7H2,1-2H3,(H,15,18). The summed E-state index contributed by atoms with van der Waals surface area (Å²) in [7, 11) is 1.51. The van der Waals surface area contributed by atoms with Gasteiger partial charge >= 0.3 is 6.03 Å². The van der Waals surface area contributed by atoms with Crippen LogP contribution in [0.5, 0.6) is 5.88 Å². The molecule has 104 valence electrons. The average molecular weight is 285 g/mol. The highest BCUT2D eigenvalue weighted by Gasteiger charge is 2.21. The van der Waals surface area contributed by atoms with Crippen LogP contribution >= 0.6 is 11.6 Å². The first-order valence-corrected chi connectivity index (χ1v) is 6.48. The molecule has 2 heterocycles. The van der Waals surface area contributed by atoms with Crippen molar-refractivity contribution in [1.29, 1.82) is 0 Å². The van der Waals surface area contributed by atoms with E-state index in [0.717, 1.165) is 6.54 Å². The molecule has 6 nitrogen and oxygen atoms in total. The summed E-state index contributed by atoms with van der Waals surface area (Å²) in [5.41, 5.74) is 0.485. The van der Waals surface area contributed by atoms with Crippen molar-refractivity contribution in [2.75, 3.05) is 32.1 Å². The molecule has 0 aromatic carbocycles. The zero-order chi connectivity index (χ0) is 13.8. The molecule has 7 heteroatoms. The summed E-state index contributed by atoms with van der Waals surface area (Å²) in [5.74, 6) is 0.416. The molecule has 1 unspecified atom stereocenters. The molecule has 1 fully saturated rings. The van der Waals surface area contributed by atoms with Crippen molar-refractivity contribution in [1.82, 2.24) is 15.2 Å². The number of nitrogens with zero attached hydrogens (tertiary/aromatic N) is 2. The molecule has 1 aliphatic rings. The second-order valence-corrected chi connectivity index (χ2v) is 4.78. The Hall–Kier alpha value is -1.53. The van der Waals surface area contributed by atoms with Crippen molar-refractivity contribution >= 4 is 23.3 Å². The molecule has 19 heavy (non-hydrogen) atoms. The summed E-state index contributed by atoms with van der Waals surface area (Å²) in [6, 6.07) is 3.46. The third-order valence-electron chi connectivity index (χ3n) is 2.93. The molecule has 1 atom stereocenters. The minimum absolute atomic E-state index is 0.165. The highest BCUT2D eigenvalue weighted by molar-refractivity contribution is 6.32. The molecule has 1 aromatic rings. The molecule has 2 amide bonds. The van der Waals surface area contributed by atoms with Crippen molar-refractivity contribution in [3.8, 4) is 5.88 Å². The third-order valence-corrected chi connectivity index (χ3v) is 3.22. The van der Waals surface area contributed by atoms with E-state index < -0.39 is 0 Å². The lowest BCUT2D eigenvalue weighted by atomic mass is 10.2. The van der Waals surface area contributed by atoms with Gasteiger partial charge in [-0.3, -0.25) is 0 Å². The fourth-order valence-electron chi connectivity index (χ4n) is 1.94. The van der Waals surface area contributed by atoms with E-state index >= 15 is 0 Å². The Morgan fingerprint density at radius 3 is 3.05 bits per heavy atom. The van der Waals surface area contributed by atoms with Gasteiger partial charge < -0.3 is 20.3 Å². The number of amides is 2. The van der Waals surface area contributed by atoms with Crippen LogP contribution in [0.3, 0.4) is 0 Å². The molecule has 0 saturated carbocycles. The van der Waals surface area contributed by atoms with Gasteiger partial charge in [0.15, 0.2) is 5.15 Å². The number of carbonyl (C=O) groups excluding carboxylic acids is 1. The quantitative estimate of drug-likeness (QED) is 0.809. The summed E-state index contributed by atoms with van der Waals surface area (Å²) in [4.78, 5) is 17.8. The minimum Gasteiger partial charge on any atom is -0.481 e. The van der Waals surface area contributed by atoms with Gasteiger partial charge in [-0.05, 0) is 13.0 Å². The zero-order valence-electron chi connectivity index (χ0n) is 10.9. The number of halogens is 1. The number of ether oxygens (including phenoxy) is 1. The van der Waals surface area contributed by atoms with Crippen LogP contribution in [0.2, 0.25) is 5.15 Å². The van der Waals surface area contributed by atoms with E-state index in [9.17, 15) is 4.79 Å². The minimum atomic E-state index is -0.165. The molecule has 0 bridgehead atoms. The Balaban J connectivity index is 2.02. The van der Waals surface area contributed by atoms with Crippen LogP contribution in [-0.2, 0) is 0 Å². The molecular weight excluding hydrogens is 268 g/mol. The largest absolute Gasteiger partial charge is 0.481 e. The van der Waals surface area contributed by atoms with Crippen molar-refractivity contribution in [3.05, 3.63) is 17.3 Å². The van der Waals surface area contributed by atoms with Gasteiger partial charge in [-0.15, -0.1) is 0 Å². The monoisotopic (exact) mass is 284 g/mol. The second-order valence-electron chi connectivity index (χ2n) is 4.42. The fourth-order valence-corrected chi connectivity index (χ4v) is 2.13. The number of methoxy groups -OCH3 is 1. The van der Waals surface area contributed by atoms with Gasteiger partial charge in [-0.1, -0.05) is 11.6 Å². The fraction of sp³-hybridized carbons (Fsp3) is 0.500. The van der Waals surface area contributed by atoms with Crippen LogP contribution < -0.4 is 15.4 Å². The summed E-state index contributed by atoms with van der Waals surface area (Å²) < 4.78 is 4.96. The molecule has 2 N–H and O–H groups in total. The lowest BCUT2D eigenvalue weighted by Crippen LogP contribution is -2.52. The molecule has 0 radical (unpaired) electrons. The molecule has 0 spiro atoms. The van der Waals surface area contributed by atoms with Crippen LogP contribution in [0.15, 0.2) is 12.1 Å². The van der Waals surface area contributed by atoms with Gasteiger partial charge in [-0.2, -0.15) is 4.98 Å². The smallest absolute Gasteiger partial charge is 0.322 e. The molecule has 2 rings (SSSR count). The molecule has 1 aromatic heterocycles. The molecule has 1 saturated heterocycles. The Morgan fingerprint density at radius 2 is 2.42 bits per heavy atom. The number of rotatable bonds is 2. The molecular formula is C12H17ClN4O2. The summed E-state index contributed by atoms with van der Waals surface area (Å²) in [6.07, 6.45) is 0. The van der Waals surface area contributed by atoms with Gasteiger partial charge in [-0.25, -0.2) is 4.79 Å². The molecule has 0 aliphatic carbocycles. The lowest BCUT2D eigenvalue weighted by molar-refractivity contribution is 0.192. The summed E-state index contributed by atoms with van der Waals surface area (Å²) >= 11 is 5.98. The summed E-state index contributed by atoms with van der Waals surface area (Å²) in [5, 5.41) is 6.26. The van der Waals surface area contributed by atoms with E-state index in [-0.39, 0.29) is 11.2 Å². The van der Waals surface area contributed by atoms with Crippen LogP contribution in [0.25, 0.3) is 0 Å². The number of anilines is 1. The van der Waals surface area contributed by atoms with Crippen molar-refractivity contribution in [3.63, 3.8) is 0 Å². The van der Waals surface area contributed by atoms with Crippen LogP contribution in [0.1, 0.15) is 6.92 Å². The van der Waals surface area contributed by atoms with Gasteiger partial charge in [0.1, 0.15) is 0 Å². The first-order chi connectivity index (χ1) is 9.10. The third kappa shape index (κ3) is 3.48. The predicted molar refractivity (Wildman–Crippen MR) is 73.9 cm³/mol. The average Bonchev–Trinajstić information content (AvgIpc) is 2.41. The van der Waals surface area contributed by atoms with Crippen molar-refractivity contribution in [2.24, 2.45) is 0 Å². The number of urea groups is 1. The maximum Gasteiger partial charge on any atom is 0.322 e. The Labute approximate surface area is 117 Å². The molecule has 1 aliphatic heterocycles. The van der Waals surface area contributed by atoms with Crippen molar-refractivity contribution < 1.29 is 9.53 Å². The summed E-state index contributed by atoms with van der Waals surface area (Å²) in [6.45, 7) is 4.19. The van der Waals surface area contributed by atoms with Gasteiger partial charge in [0.05, 0.1) is 12.8 Å². The highest BCUT2D eigenvalue weighted by atomic mass is 35.5. The number of carbonyl (C=O) groups is 1.